The zero-order chi connectivity index (χ0) is 9.14. The highest BCUT2D eigenvalue weighted by molar-refractivity contribution is 6.44. The molecule has 0 saturated heterocycles. The third-order valence-electron chi connectivity index (χ3n) is 1.46. The van der Waals surface area contributed by atoms with Crippen molar-refractivity contribution in [3.8, 4) is 0 Å². The Balaban J connectivity index is 2.94. The SMILES string of the molecule is OC(c1ccccc1F)C(Cl)Cl. The van der Waals surface area contributed by atoms with Gasteiger partial charge in [0.05, 0.1) is 0 Å². The zero-order valence-corrected chi connectivity index (χ0v) is 7.56. The van der Waals surface area contributed by atoms with Crippen molar-refractivity contribution < 1.29 is 9.50 Å². The topological polar surface area (TPSA) is 20.2 Å². The molecule has 0 fully saturated rings. The number of aliphatic hydroxyl groups is 1. The normalized spacial score (nSPS) is 13.4. The van der Waals surface area contributed by atoms with Gasteiger partial charge >= 0.3 is 0 Å². The first-order chi connectivity index (χ1) is 5.63. The van der Waals surface area contributed by atoms with Gasteiger partial charge in [0, 0.05) is 5.56 Å². The Morgan fingerprint density at radius 3 is 2.33 bits per heavy atom. The molecular formula is C8H7Cl2FO. The largest absolute Gasteiger partial charge is 0.385 e. The van der Waals surface area contributed by atoms with Gasteiger partial charge in [0.1, 0.15) is 16.8 Å². The second kappa shape index (κ2) is 4.08. The molecule has 0 bridgehead atoms. The maximum absolute atomic E-state index is 12.9. The Labute approximate surface area is 79.7 Å². The van der Waals surface area contributed by atoms with Gasteiger partial charge in [-0.1, -0.05) is 18.2 Å². The molecule has 0 aliphatic carbocycles. The average molecular weight is 209 g/mol. The van der Waals surface area contributed by atoms with Gasteiger partial charge in [-0.2, -0.15) is 0 Å². The molecule has 0 aromatic heterocycles. The van der Waals surface area contributed by atoms with E-state index in [2.05, 4.69) is 0 Å². The molecular weight excluding hydrogens is 202 g/mol. The first-order valence-electron chi connectivity index (χ1n) is 3.33. The Morgan fingerprint density at radius 1 is 1.25 bits per heavy atom. The highest BCUT2D eigenvalue weighted by atomic mass is 35.5. The number of benzene rings is 1. The Kier molecular flexibility index (Phi) is 3.32. The van der Waals surface area contributed by atoms with E-state index in [1.807, 2.05) is 0 Å². The molecule has 0 heterocycles. The number of rotatable bonds is 2. The Bertz CT molecular complexity index is 265. The minimum atomic E-state index is -1.17. The van der Waals surface area contributed by atoms with Crippen molar-refractivity contribution in [3.63, 3.8) is 0 Å². The van der Waals surface area contributed by atoms with Crippen LogP contribution in [0.3, 0.4) is 0 Å². The van der Waals surface area contributed by atoms with E-state index in [1.54, 1.807) is 6.07 Å². The van der Waals surface area contributed by atoms with E-state index < -0.39 is 16.8 Å². The summed E-state index contributed by atoms with van der Waals surface area (Å²) in [6.07, 6.45) is -1.17. The number of hydrogen-bond donors (Lipinski definition) is 1. The highest BCUT2D eigenvalue weighted by Gasteiger charge is 2.18. The van der Waals surface area contributed by atoms with Crippen LogP contribution >= 0.6 is 23.2 Å². The third-order valence-corrected chi connectivity index (χ3v) is 1.94. The molecule has 0 amide bonds. The summed E-state index contributed by atoms with van der Waals surface area (Å²) in [6, 6.07) is 5.83. The molecule has 1 atom stereocenters. The molecule has 0 aliphatic heterocycles. The zero-order valence-electron chi connectivity index (χ0n) is 6.05. The minimum Gasteiger partial charge on any atom is -0.385 e. The van der Waals surface area contributed by atoms with E-state index in [9.17, 15) is 9.50 Å². The highest BCUT2D eigenvalue weighted by Crippen LogP contribution is 2.25. The molecule has 0 saturated carbocycles. The summed E-state index contributed by atoms with van der Waals surface area (Å²) in [7, 11) is 0. The molecule has 4 heteroatoms. The van der Waals surface area contributed by atoms with E-state index in [1.165, 1.54) is 18.2 Å². The van der Waals surface area contributed by atoms with Crippen molar-refractivity contribution in [2.24, 2.45) is 0 Å². The number of aliphatic hydroxyl groups excluding tert-OH is 1. The molecule has 1 nitrogen and oxygen atoms in total. The van der Waals surface area contributed by atoms with Crippen molar-refractivity contribution in [1.82, 2.24) is 0 Å². The monoisotopic (exact) mass is 208 g/mol. The third kappa shape index (κ3) is 2.09. The summed E-state index contributed by atoms with van der Waals surface area (Å²) < 4.78 is 12.9. The first-order valence-corrected chi connectivity index (χ1v) is 4.21. The number of halogens is 3. The van der Waals surface area contributed by atoms with E-state index >= 15 is 0 Å². The van der Waals surface area contributed by atoms with Crippen LogP contribution in [0.1, 0.15) is 11.7 Å². The number of alkyl halides is 2. The van der Waals surface area contributed by atoms with Crippen LogP contribution in [0.15, 0.2) is 24.3 Å². The lowest BCUT2D eigenvalue weighted by Crippen LogP contribution is -2.07. The summed E-state index contributed by atoms with van der Waals surface area (Å²) in [4.78, 5) is -1.01. The summed E-state index contributed by atoms with van der Waals surface area (Å²) in [5, 5.41) is 9.27. The van der Waals surface area contributed by atoms with Crippen LogP contribution in [0, 0.1) is 5.82 Å². The molecule has 0 spiro atoms. The fourth-order valence-corrected chi connectivity index (χ4v) is 1.12. The molecule has 1 N–H and O–H groups in total. The van der Waals surface area contributed by atoms with Crippen molar-refractivity contribution in [2.75, 3.05) is 0 Å². The van der Waals surface area contributed by atoms with Crippen LogP contribution in [0.25, 0.3) is 0 Å². The van der Waals surface area contributed by atoms with Gasteiger partial charge in [0.25, 0.3) is 0 Å². The van der Waals surface area contributed by atoms with Crippen molar-refractivity contribution in [1.29, 1.82) is 0 Å². The first kappa shape index (κ1) is 9.78. The average Bonchev–Trinajstić information content (AvgIpc) is 2.04. The van der Waals surface area contributed by atoms with Gasteiger partial charge in [-0.05, 0) is 6.07 Å². The predicted octanol–water partition coefficient (Wildman–Crippen LogP) is 2.66. The summed E-state index contributed by atoms with van der Waals surface area (Å²) in [6.45, 7) is 0. The maximum atomic E-state index is 12.9. The van der Waals surface area contributed by atoms with Crippen LogP contribution in [-0.2, 0) is 0 Å². The number of hydrogen-bond acceptors (Lipinski definition) is 1. The van der Waals surface area contributed by atoms with Crippen LogP contribution in [0.4, 0.5) is 4.39 Å². The molecule has 0 radical (unpaired) electrons. The van der Waals surface area contributed by atoms with Crippen LogP contribution in [0.2, 0.25) is 0 Å². The van der Waals surface area contributed by atoms with Gasteiger partial charge in [-0.3, -0.25) is 0 Å². The van der Waals surface area contributed by atoms with E-state index in [4.69, 9.17) is 23.2 Å². The fourth-order valence-electron chi connectivity index (χ4n) is 0.851. The van der Waals surface area contributed by atoms with E-state index in [0.717, 1.165) is 0 Å². The predicted molar refractivity (Wildman–Crippen MR) is 46.9 cm³/mol. The Hall–Kier alpha value is -0.310. The molecule has 1 aromatic rings. The molecule has 12 heavy (non-hydrogen) atoms. The van der Waals surface area contributed by atoms with Crippen LogP contribution < -0.4 is 0 Å². The van der Waals surface area contributed by atoms with Gasteiger partial charge in [-0.15, -0.1) is 23.2 Å². The lowest BCUT2D eigenvalue weighted by atomic mass is 10.1. The van der Waals surface area contributed by atoms with Crippen LogP contribution in [-0.4, -0.2) is 9.94 Å². The summed E-state index contributed by atoms with van der Waals surface area (Å²) in [5.74, 6) is -0.503. The van der Waals surface area contributed by atoms with E-state index in [0.29, 0.717) is 0 Å². The maximum Gasteiger partial charge on any atom is 0.137 e. The standard InChI is InChI=1S/C8H7Cl2FO/c9-8(10)7(12)5-3-1-2-4-6(5)11/h1-4,7-8,12H. The second-order valence-electron chi connectivity index (χ2n) is 2.30. The van der Waals surface area contributed by atoms with Gasteiger partial charge in [-0.25, -0.2) is 4.39 Å². The van der Waals surface area contributed by atoms with Crippen molar-refractivity contribution >= 4 is 23.2 Å². The Morgan fingerprint density at radius 2 is 1.83 bits per heavy atom. The smallest absolute Gasteiger partial charge is 0.137 e. The van der Waals surface area contributed by atoms with Gasteiger partial charge < -0.3 is 5.11 Å². The lowest BCUT2D eigenvalue weighted by molar-refractivity contribution is 0.188. The van der Waals surface area contributed by atoms with Crippen molar-refractivity contribution in [2.45, 2.75) is 10.9 Å². The molecule has 66 valence electrons. The molecule has 1 unspecified atom stereocenters. The fraction of sp³-hybridized carbons (Fsp3) is 0.250. The molecule has 0 aliphatic rings. The summed E-state index contributed by atoms with van der Waals surface area (Å²) in [5.41, 5.74) is 0.118. The lowest BCUT2D eigenvalue weighted by Gasteiger charge is -2.11. The molecule has 1 rings (SSSR count). The van der Waals surface area contributed by atoms with E-state index in [-0.39, 0.29) is 5.56 Å². The molecule has 1 aromatic carbocycles. The van der Waals surface area contributed by atoms with Crippen molar-refractivity contribution in [3.05, 3.63) is 35.6 Å². The summed E-state index contributed by atoms with van der Waals surface area (Å²) >= 11 is 10.8. The van der Waals surface area contributed by atoms with Gasteiger partial charge in [0.15, 0.2) is 0 Å². The second-order valence-corrected chi connectivity index (χ2v) is 3.46. The van der Waals surface area contributed by atoms with Gasteiger partial charge in [0.2, 0.25) is 0 Å². The quantitative estimate of drug-likeness (QED) is 0.742. The minimum absolute atomic E-state index is 0.118. The van der Waals surface area contributed by atoms with Crippen LogP contribution in [0.5, 0.6) is 0 Å².